The fourth-order valence-electron chi connectivity index (χ4n) is 3.59. The Morgan fingerprint density at radius 2 is 1.62 bits per heavy atom. The van der Waals surface area contributed by atoms with Crippen LogP contribution in [0.4, 0.5) is 5.69 Å². The Hall–Kier alpha value is -4.70. The number of anilines is 1. The number of ether oxygens (including phenoxy) is 2. The van der Waals surface area contributed by atoms with E-state index in [1.165, 1.54) is 24.6 Å². The van der Waals surface area contributed by atoms with Crippen molar-refractivity contribution in [1.29, 1.82) is 0 Å². The first-order chi connectivity index (χ1) is 19.1. The number of nitrogens with one attached hydrogen (secondary N) is 2. The number of carbonyl (C=O) groups excluding carboxylic acids is 2. The zero-order valence-electron chi connectivity index (χ0n) is 22.6. The molecule has 2 aromatic carbocycles. The maximum absolute atomic E-state index is 12.6. The topological polar surface area (TPSA) is 127 Å². The van der Waals surface area contributed by atoms with E-state index in [4.69, 9.17) is 14.6 Å². The van der Waals surface area contributed by atoms with E-state index in [2.05, 4.69) is 15.6 Å². The average molecular weight is 562 g/mol. The summed E-state index contributed by atoms with van der Waals surface area (Å²) in [5.41, 5.74) is 2.39. The van der Waals surface area contributed by atoms with Gasteiger partial charge in [0.05, 0.1) is 19.8 Å². The smallest absolute Gasteiger partial charge is 0.345 e. The van der Waals surface area contributed by atoms with Crippen molar-refractivity contribution in [2.75, 3.05) is 26.1 Å². The van der Waals surface area contributed by atoms with Gasteiger partial charge in [0, 0.05) is 35.6 Å². The van der Waals surface area contributed by atoms with Crippen molar-refractivity contribution in [2.45, 2.75) is 19.3 Å². The summed E-state index contributed by atoms with van der Waals surface area (Å²) in [6, 6.07) is 19.3. The molecule has 0 unspecified atom stereocenters. The van der Waals surface area contributed by atoms with Crippen molar-refractivity contribution >= 4 is 34.8 Å². The Kier molecular flexibility index (Phi) is 10.4. The highest BCUT2D eigenvalue weighted by molar-refractivity contribution is 7.11. The molecule has 0 aliphatic heterocycles. The highest BCUT2D eigenvalue weighted by Crippen LogP contribution is 2.28. The Morgan fingerprint density at radius 1 is 0.900 bits per heavy atom. The quantitative estimate of drug-likeness (QED) is 0.246. The number of methoxy groups -OCH3 is 2. The van der Waals surface area contributed by atoms with E-state index in [0.717, 1.165) is 5.56 Å². The lowest BCUT2D eigenvalue weighted by Crippen LogP contribution is -2.36. The van der Waals surface area contributed by atoms with E-state index in [-0.39, 0.29) is 17.2 Å². The van der Waals surface area contributed by atoms with Crippen LogP contribution in [-0.2, 0) is 5.41 Å². The van der Waals surface area contributed by atoms with Gasteiger partial charge in [0.1, 0.15) is 4.88 Å². The number of nitrogens with zero attached hydrogens (tertiary/aromatic N) is 1. The lowest BCUT2D eigenvalue weighted by atomic mass is 9.84. The van der Waals surface area contributed by atoms with Gasteiger partial charge in [-0.05, 0) is 59.5 Å². The molecule has 2 amide bonds. The van der Waals surface area contributed by atoms with Crippen molar-refractivity contribution in [3.8, 4) is 11.5 Å². The Morgan fingerprint density at radius 3 is 2.17 bits per heavy atom. The summed E-state index contributed by atoms with van der Waals surface area (Å²) >= 11 is 1.23. The number of carbonyl (C=O) groups is 3. The molecule has 0 spiro atoms. The van der Waals surface area contributed by atoms with Crippen LogP contribution in [-0.4, -0.2) is 48.6 Å². The second-order valence-electron chi connectivity index (χ2n) is 9.19. The van der Waals surface area contributed by atoms with Crippen LogP contribution >= 0.6 is 11.3 Å². The number of aromatic carboxylic acids is 1. The van der Waals surface area contributed by atoms with Crippen LogP contribution < -0.4 is 20.1 Å². The number of benzene rings is 2. The zero-order chi connectivity index (χ0) is 29.1. The number of aromatic nitrogens is 1. The van der Waals surface area contributed by atoms with Gasteiger partial charge in [-0.25, -0.2) is 4.79 Å². The lowest BCUT2D eigenvalue weighted by Gasteiger charge is -2.26. The molecule has 4 rings (SSSR count). The van der Waals surface area contributed by atoms with Crippen LogP contribution in [0.25, 0.3) is 0 Å². The van der Waals surface area contributed by atoms with E-state index < -0.39 is 5.97 Å². The van der Waals surface area contributed by atoms with Gasteiger partial charge in [-0.2, -0.15) is 0 Å². The molecule has 40 heavy (non-hydrogen) atoms. The van der Waals surface area contributed by atoms with Crippen molar-refractivity contribution in [3.05, 3.63) is 106 Å². The molecule has 208 valence electrons. The minimum atomic E-state index is -0.847. The maximum Gasteiger partial charge on any atom is 0.345 e. The summed E-state index contributed by atoms with van der Waals surface area (Å²) in [4.78, 5) is 39.4. The Bertz CT molecular complexity index is 1420. The summed E-state index contributed by atoms with van der Waals surface area (Å²) in [6.07, 6.45) is 3.17. The molecule has 0 aliphatic carbocycles. The molecule has 2 heterocycles. The highest BCUT2D eigenvalue weighted by atomic mass is 32.1. The molecule has 9 nitrogen and oxygen atoms in total. The fraction of sp³-hybridized carbons (Fsp3) is 0.200. The third kappa shape index (κ3) is 8.15. The van der Waals surface area contributed by atoms with Crippen molar-refractivity contribution in [3.63, 3.8) is 0 Å². The number of thiophene rings is 1. The summed E-state index contributed by atoms with van der Waals surface area (Å²) < 4.78 is 10.5. The Labute approximate surface area is 236 Å². The van der Waals surface area contributed by atoms with E-state index in [9.17, 15) is 14.4 Å². The molecule has 10 heteroatoms. The van der Waals surface area contributed by atoms with Crippen molar-refractivity contribution in [1.82, 2.24) is 10.3 Å². The molecule has 4 aromatic rings. The predicted molar refractivity (Wildman–Crippen MR) is 155 cm³/mol. The summed E-state index contributed by atoms with van der Waals surface area (Å²) in [7, 11) is 3.07. The fourth-order valence-corrected chi connectivity index (χ4v) is 4.15. The molecular weight excluding hydrogens is 530 g/mol. The van der Waals surface area contributed by atoms with Gasteiger partial charge in [0.25, 0.3) is 11.8 Å². The molecule has 0 saturated carbocycles. The molecule has 2 aromatic heterocycles. The molecule has 0 aliphatic rings. The molecule has 3 N–H and O–H groups in total. The predicted octanol–water partition coefficient (Wildman–Crippen LogP) is 5.51. The second-order valence-corrected chi connectivity index (χ2v) is 10.1. The largest absolute Gasteiger partial charge is 0.493 e. The van der Waals surface area contributed by atoms with Crippen LogP contribution in [0.15, 0.2) is 84.5 Å². The first kappa shape index (κ1) is 29.9. The molecule has 0 saturated heterocycles. The van der Waals surface area contributed by atoms with Crippen molar-refractivity contribution in [2.24, 2.45) is 0 Å². The van der Waals surface area contributed by atoms with Gasteiger partial charge in [-0.1, -0.05) is 32.0 Å². The van der Waals surface area contributed by atoms with Gasteiger partial charge in [0.15, 0.2) is 11.5 Å². The van der Waals surface area contributed by atoms with Crippen LogP contribution in [0, 0.1) is 0 Å². The van der Waals surface area contributed by atoms with E-state index in [0.29, 0.717) is 39.7 Å². The number of carboxylic acid groups (broad SMARTS) is 1. The van der Waals surface area contributed by atoms with Crippen LogP contribution in [0.2, 0.25) is 0 Å². The SMILES string of the molecule is COc1ccc(C(=O)Nc2ccc(C(C)(C)CNC(=O)c3cccnc3)cc2)cc1OC.O=C(O)c1cccs1. The number of rotatable bonds is 9. The highest BCUT2D eigenvalue weighted by Gasteiger charge is 2.22. The van der Waals surface area contributed by atoms with Crippen LogP contribution in [0.1, 0.15) is 49.8 Å². The second kappa shape index (κ2) is 13.9. The third-order valence-corrected chi connectivity index (χ3v) is 6.77. The summed E-state index contributed by atoms with van der Waals surface area (Å²) in [6.45, 7) is 4.56. The number of carboxylic acids is 1. The number of pyridine rings is 1. The number of amides is 2. The molecule has 0 radical (unpaired) electrons. The minimum Gasteiger partial charge on any atom is -0.493 e. The van der Waals surface area contributed by atoms with Gasteiger partial charge in [-0.15, -0.1) is 11.3 Å². The lowest BCUT2D eigenvalue weighted by molar-refractivity contribution is 0.0701. The monoisotopic (exact) mass is 561 g/mol. The summed E-state index contributed by atoms with van der Waals surface area (Å²) in [5, 5.41) is 15.9. The zero-order valence-corrected chi connectivity index (χ0v) is 23.5. The van der Waals surface area contributed by atoms with E-state index in [1.807, 2.05) is 38.1 Å². The van der Waals surface area contributed by atoms with Gasteiger partial charge >= 0.3 is 5.97 Å². The van der Waals surface area contributed by atoms with E-state index in [1.54, 1.807) is 61.2 Å². The van der Waals surface area contributed by atoms with Crippen molar-refractivity contribution < 1.29 is 29.0 Å². The normalized spacial score (nSPS) is 10.5. The Balaban J connectivity index is 0.000000472. The van der Waals surface area contributed by atoms with E-state index >= 15 is 0 Å². The first-order valence-corrected chi connectivity index (χ1v) is 13.1. The number of hydrogen-bond donors (Lipinski definition) is 3. The molecule has 0 bridgehead atoms. The molecule has 0 atom stereocenters. The van der Waals surface area contributed by atoms with Crippen LogP contribution in [0.3, 0.4) is 0 Å². The molecule has 0 fully saturated rings. The van der Waals surface area contributed by atoms with Gasteiger partial charge < -0.3 is 25.2 Å². The first-order valence-electron chi connectivity index (χ1n) is 12.2. The van der Waals surface area contributed by atoms with Crippen LogP contribution in [0.5, 0.6) is 11.5 Å². The van der Waals surface area contributed by atoms with Gasteiger partial charge in [-0.3, -0.25) is 14.6 Å². The summed E-state index contributed by atoms with van der Waals surface area (Å²) in [5.74, 6) is -0.205. The maximum atomic E-state index is 12.6. The van der Waals surface area contributed by atoms with Gasteiger partial charge in [0.2, 0.25) is 0 Å². The minimum absolute atomic E-state index is 0.162. The third-order valence-electron chi connectivity index (χ3n) is 5.92. The molecular formula is C30H31N3O6S. The number of hydrogen-bond acceptors (Lipinski definition) is 7. The average Bonchev–Trinajstić information content (AvgIpc) is 3.52. The standard InChI is InChI=1S/C25H27N3O4.C5H4O2S/c1-25(2,16-27-23(29)18-6-5-13-26-15-18)19-8-10-20(11-9-19)28-24(30)17-7-12-21(31-3)22(14-17)32-4;6-5(7)4-2-1-3-8-4/h5-15H,16H2,1-4H3,(H,27,29)(H,28,30);1-3H,(H,6,7).